The summed E-state index contributed by atoms with van der Waals surface area (Å²) in [4.78, 5) is 23.0. The van der Waals surface area contributed by atoms with Gasteiger partial charge >= 0.3 is 0 Å². The molecular formula is C14H13ClN2O2. The fourth-order valence-corrected chi connectivity index (χ4v) is 1.87. The molecule has 1 heterocycles. The summed E-state index contributed by atoms with van der Waals surface area (Å²) in [6.07, 6.45) is 3.36. The largest absolute Gasteiger partial charge is 0.344 e. The number of rotatable bonds is 4. The zero-order chi connectivity index (χ0) is 13.8. The first-order valence-electron chi connectivity index (χ1n) is 5.77. The molecule has 98 valence electrons. The molecule has 0 radical (unpaired) electrons. The number of aromatic nitrogens is 1. The molecule has 0 saturated carbocycles. The number of halogens is 1. The smallest absolute Gasteiger partial charge is 0.244 e. The molecular weight excluding hydrogens is 264 g/mol. The summed E-state index contributed by atoms with van der Waals surface area (Å²) in [5.41, 5.74) is 1.24. The van der Waals surface area contributed by atoms with Gasteiger partial charge in [-0.2, -0.15) is 0 Å². The van der Waals surface area contributed by atoms with Crippen LogP contribution >= 0.6 is 11.6 Å². The van der Waals surface area contributed by atoms with E-state index in [1.54, 1.807) is 47.3 Å². The third-order valence-electron chi connectivity index (χ3n) is 2.59. The normalized spacial score (nSPS) is 10.2. The van der Waals surface area contributed by atoms with Gasteiger partial charge in [-0.05, 0) is 31.2 Å². The molecule has 2 aromatic rings. The molecule has 1 amide bonds. The van der Waals surface area contributed by atoms with E-state index >= 15 is 0 Å². The van der Waals surface area contributed by atoms with Crippen LogP contribution in [0.3, 0.4) is 0 Å². The second kappa shape index (κ2) is 5.71. The SMILES string of the molecule is CC(=O)c1ccn(CC(=O)Nc2cccc(Cl)c2)c1. The number of ketones is 1. The van der Waals surface area contributed by atoms with Crippen LogP contribution in [0.15, 0.2) is 42.7 Å². The van der Waals surface area contributed by atoms with Gasteiger partial charge in [0, 0.05) is 28.7 Å². The lowest BCUT2D eigenvalue weighted by molar-refractivity contribution is -0.116. The minimum absolute atomic E-state index is 0.0194. The van der Waals surface area contributed by atoms with Crippen molar-refractivity contribution in [2.45, 2.75) is 13.5 Å². The van der Waals surface area contributed by atoms with Crippen molar-refractivity contribution in [3.63, 3.8) is 0 Å². The maximum Gasteiger partial charge on any atom is 0.244 e. The van der Waals surface area contributed by atoms with Crippen LogP contribution in [0.4, 0.5) is 5.69 Å². The van der Waals surface area contributed by atoms with Gasteiger partial charge in [0.05, 0.1) is 0 Å². The van der Waals surface area contributed by atoms with E-state index in [1.807, 2.05) is 0 Å². The molecule has 4 nitrogen and oxygen atoms in total. The topological polar surface area (TPSA) is 51.1 Å². The van der Waals surface area contributed by atoms with E-state index in [4.69, 9.17) is 11.6 Å². The number of carbonyl (C=O) groups excluding carboxylic acids is 2. The lowest BCUT2D eigenvalue weighted by atomic mass is 10.2. The van der Waals surface area contributed by atoms with Crippen LogP contribution in [-0.2, 0) is 11.3 Å². The summed E-state index contributed by atoms with van der Waals surface area (Å²) in [6.45, 7) is 1.64. The minimum atomic E-state index is -0.173. The predicted molar refractivity (Wildman–Crippen MR) is 74.5 cm³/mol. The van der Waals surface area contributed by atoms with Crippen molar-refractivity contribution in [1.82, 2.24) is 4.57 Å². The molecule has 0 spiro atoms. The summed E-state index contributed by atoms with van der Waals surface area (Å²) in [5, 5.41) is 3.31. The number of anilines is 1. The molecule has 0 aliphatic carbocycles. The Hall–Kier alpha value is -2.07. The van der Waals surface area contributed by atoms with E-state index in [-0.39, 0.29) is 18.2 Å². The van der Waals surface area contributed by atoms with Crippen molar-refractivity contribution in [3.05, 3.63) is 53.3 Å². The maximum absolute atomic E-state index is 11.8. The number of carbonyl (C=O) groups is 2. The van der Waals surface area contributed by atoms with Crippen molar-refractivity contribution in [1.29, 1.82) is 0 Å². The average Bonchev–Trinajstić information content (AvgIpc) is 2.77. The summed E-state index contributed by atoms with van der Waals surface area (Å²) in [7, 11) is 0. The van der Waals surface area contributed by atoms with Crippen molar-refractivity contribution in [2.24, 2.45) is 0 Å². The Bertz CT molecular complexity index is 619. The summed E-state index contributed by atoms with van der Waals surface area (Å²) in [6, 6.07) is 8.63. The molecule has 0 unspecified atom stereocenters. The highest BCUT2D eigenvalue weighted by molar-refractivity contribution is 6.30. The number of benzene rings is 1. The molecule has 0 fully saturated rings. The van der Waals surface area contributed by atoms with Gasteiger partial charge in [-0.3, -0.25) is 9.59 Å². The Kier molecular flexibility index (Phi) is 4.02. The number of Topliss-reactive ketones (excluding diaryl/α,β-unsaturated/α-hetero) is 1. The molecule has 0 atom stereocenters. The highest BCUT2D eigenvalue weighted by Gasteiger charge is 2.06. The maximum atomic E-state index is 11.8. The molecule has 1 N–H and O–H groups in total. The molecule has 0 aliphatic heterocycles. The molecule has 0 aliphatic rings. The fourth-order valence-electron chi connectivity index (χ4n) is 1.68. The van der Waals surface area contributed by atoms with Crippen LogP contribution in [0.1, 0.15) is 17.3 Å². The Balaban J connectivity index is 1.99. The Labute approximate surface area is 116 Å². The van der Waals surface area contributed by atoms with Gasteiger partial charge in [0.2, 0.25) is 5.91 Å². The van der Waals surface area contributed by atoms with E-state index in [0.717, 1.165) is 0 Å². The lowest BCUT2D eigenvalue weighted by Gasteiger charge is -2.06. The summed E-state index contributed by atoms with van der Waals surface area (Å²) in [5.74, 6) is -0.193. The number of nitrogens with zero attached hydrogens (tertiary/aromatic N) is 1. The molecule has 1 aromatic carbocycles. The monoisotopic (exact) mass is 276 g/mol. The Morgan fingerprint density at radius 2 is 2.11 bits per heavy atom. The Morgan fingerprint density at radius 3 is 2.74 bits per heavy atom. The van der Waals surface area contributed by atoms with Gasteiger partial charge in [0.15, 0.2) is 5.78 Å². The number of amides is 1. The molecule has 0 saturated heterocycles. The quantitative estimate of drug-likeness (QED) is 0.873. The lowest BCUT2D eigenvalue weighted by Crippen LogP contribution is -2.17. The first kappa shape index (κ1) is 13.4. The molecule has 0 bridgehead atoms. The van der Waals surface area contributed by atoms with Crippen molar-refractivity contribution in [2.75, 3.05) is 5.32 Å². The van der Waals surface area contributed by atoms with Crippen LogP contribution in [-0.4, -0.2) is 16.3 Å². The van der Waals surface area contributed by atoms with E-state index < -0.39 is 0 Å². The molecule has 5 heteroatoms. The minimum Gasteiger partial charge on any atom is -0.344 e. The van der Waals surface area contributed by atoms with Gasteiger partial charge in [-0.1, -0.05) is 17.7 Å². The molecule has 2 rings (SSSR count). The third-order valence-corrected chi connectivity index (χ3v) is 2.83. The number of hydrogen-bond acceptors (Lipinski definition) is 2. The zero-order valence-electron chi connectivity index (χ0n) is 10.4. The standard InChI is InChI=1S/C14H13ClN2O2/c1-10(18)11-5-6-17(8-11)9-14(19)16-13-4-2-3-12(15)7-13/h2-8H,9H2,1H3,(H,16,19). The van der Waals surface area contributed by atoms with Crippen LogP contribution in [0, 0.1) is 0 Å². The van der Waals surface area contributed by atoms with E-state index in [0.29, 0.717) is 16.3 Å². The summed E-state index contributed by atoms with van der Waals surface area (Å²) < 4.78 is 1.66. The van der Waals surface area contributed by atoms with Gasteiger partial charge in [-0.25, -0.2) is 0 Å². The predicted octanol–water partition coefficient (Wildman–Crippen LogP) is 2.98. The zero-order valence-corrected chi connectivity index (χ0v) is 11.1. The second-order valence-electron chi connectivity index (χ2n) is 4.19. The van der Waals surface area contributed by atoms with E-state index in [2.05, 4.69) is 5.32 Å². The van der Waals surface area contributed by atoms with E-state index in [9.17, 15) is 9.59 Å². The van der Waals surface area contributed by atoms with Crippen LogP contribution in [0.25, 0.3) is 0 Å². The van der Waals surface area contributed by atoms with Crippen LogP contribution in [0.5, 0.6) is 0 Å². The van der Waals surface area contributed by atoms with Gasteiger partial charge in [-0.15, -0.1) is 0 Å². The van der Waals surface area contributed by atoms with Crippen molar-refractivity contribution in [3.8, 4) is 0 Å². The summed E-state index contributed by atoms with van der Waals surface area (Å²) >= 11 is 5.83. The van der Waals surface area contributed by atoms with E-state index in [1.165, 1.54) is 6.92 Å². The highest BCUT2D eigenvalue weighted by atomic mass is 35.5. The van der Waals surface area contributed by atoms with Gasteiger partial charge in [0.25, 0.3) is 0 Å². The highest BCUT2D eigenvalue weighted by Crippen LogP contribution is 2.14. The van der Waals surface area contributed by atoms with Crippen LogP contribution < -0.4 is 5.32 Å². The Morgan fingerprint density at radius 1 is 1.32 bits per heavy atom. The third kappa shape index (κ3) is 3.69. The second-order valence-corrected chi connectivity index (χ2v) is 4.62. The van der Waals surface area contributed by atoms with Gasteiger partial charge < -0.3 is 9.88 Å². The first-order chi connectivity index (χ1) is 9.04. The van der Waals surface area contributed by atoms with Gasteiger partial charge in [0.1, 0.15) is 6.54 Å². The average molecular weight is 277 g/mol. The van der Waals surface area contributed by atoms with Crippen molar-refractivity contribution < 1.29 is 9.59 Å². The fraction of sp³-hybridized carbons (Fsp3) is 0.143. The molecule has 1 aromatic heterocycles. The first-order valence-corrected chi connectivity index (χ1v) is 6.14. The number of hydrogen-bond donors (Lipinski definition) is 1. The van der Waals surface area contributed by atoms with Crippen molar-refractivity contribution >= 4 is 29.0 Å². The van der Waals surface area contributed by atoms with Crippen LogP contribution in [0.2, 0.25) is 5.02 Å². The number of nitrogens with one attached hydrogen (secondary N) is 1. The molecule has 19 heavy (non-hydrogen) atoms.